The molecule has 0 amide bonds. The van der Waals surface area contributed by atoms with Crippen LogP contribution in [0.5, 0.6) is 5.75 Å². The highest BCUT2D eigenvalue weighted by atomic mass is 16.4. The van der Waals surface area contributed by atoms with Gasteiger partial charge < -0.3 is 15.2 Å². The number of aromatic hydroxyl groups is 1. The van der Waals surface area contributed by atoms with Crippen molar-refractivity contribution < 1.29 is 15.0 Å². The van der Waals surface area contributed by atoms with E-state index in [1.807, 2.05) is 0 Å². The number of phenols is 1. The topological polar surface area (TPSA) is 86.2 Å². The number of nitrogens with one attached hydrogen (secondary N) is 1. The fourth-order valence-corrected chi connectivity index (χ4v) is 1.97. The van der Waals surface area contributed by atoms with Crippen LogP contribution in [-0.4, -0.2) is 26.2 Å². The zero-order chi connectivity index (χ0) is 14.2. The summed E-state index contributed by atoms with van der Waals surface area (Å²) in [5.41, 5.74) is 0.630. The number of carboxylic acid groups (broad SMARTS) is 1. The Morgan fingerprint density at radius 1 is 1.32 bits per heavy atom. The van der Waals surface area contributed by atoms with Gasteiger partial charge in [0.15, 0.2) is 0 Å². The molecule has 0 saturated carbocycles. The van der Waals surface area contributed by atoms with Crippen molar-refractivity contribution in [2.45, 2.75) is 26.2 Å². The second-order valence-corrected chi connectivity index (χ2v) is 5.01. The van der Waals surface area contributed by atoms with Gasteiger partial charge in [0.2, 0.25) is 0 Å². The number of rotatable bonds is 3. The number of aromatic amines is 1. The molecular formula is C14H16N2O3. The van der Waals surface area contributed by atoms with Crippen LogP contribution in [0, 0.1) is 6.92 Å². The van der Waals surface area contributed by atoms with E-state index in [-0.39, 0.29) is 5.75 Å². The molecule has 0 unspecified atom stereocenters. The average Bonchev–Trinajstić information content (AvgIpc) is 2.72. The van der Waals surface area contributed by atoms with Crippen LogP contribution in [0.1, 0.15) is 25.2 Å². The summed E-state index contributed by atoms with van der Waals surface area (Å²) < 4.78 is 0. The highest BCUT2D eigenvalue weighted by molar-refractivity contribution is 5.80. The molecule has 1 aromatic heterocycles. The summed E-state index contributed by atoms with van der Waals surface area (Å²) in [6.45, 7) is 4.98. The van der Waals surface area contributed by atoms with E-state index in [9.17, 15) is 15.0 Å². The molecule has 0 radical (unpaired) electrons. The van der Waals surface area contributed by atoms with Gasteiger partial charge in [0.05, 0.1) is 11.3 Å². The first-order chi connectivity index (χ1) is 8.84. The lowest BCUT2D eigenvalue weighted by atomic mass is 9.88. The Hall–Kier alpha value is -2.30. The molecule has 3 N–H and O–H groups in total. The monoisotopic (exact) mass is 260 g/mol. The molecule has 5 heteroatoms. The van der Waals surface area contributed by atoms with E-state index in [1.54, 1.807) is 45.0 Å². The average molecular weight is 260 g/mol. The van der Waals surface area contributed by atoms with Crippen LogP contribution in [0.2, 0.25) is 0 Å². The number of aliphatic carboxylic acids is 1. The lowest BCUT2D eigenvalue weighted by Gasteiger charge is -2.17. The summed E-state index contributed by atoms with van der Waals surface area (Å²) in [6.07, 6.45) is 0. The van der Waals surface area contributed by atoms with Crippen molar-refractivity contribution in [3.05, 3.63) is 35.7 Å². The predicted octanol–water partition coefficient (Wildman–Crippen LogP) is 2.45. The van der Waals surface area contributed by atoms with Gasteiger partial charge in [-0.1, -0.05) is 12.1 Å². The molecular weight excluding hydrogens is 244 g/mol. The molecule has 2 aromatic rings. The molecule has 0 fully saturated rings. The number of carbonyl (C=O) groups is 1. The van der Waals surface area contributed by atoms with Crippen LogP contribution in [0.15, 0.2) is 24.3 Å². The molecule has 1 heterocycles. The lowest BCUT2D eigenvalue weighted by Crippen LogP contribution is -2.29. The van der Waals surface area contributed by atoms with Gasteiger partial charge in [-0.05, 0) is 32.9 Å². The summed E-state index contributed by atoms with van der Waals surface area (Å²) in [6, 6.07) is 6.80. The first-order valence-corrected chi connectivity index (χ1v) is 5.93. The standard InChI is InChI=1S/C14H16N2O3/c1-8-11(14(2,3)13(18)19)16-12(15-8)9-6-4-5-7-10(9)17/h4-7,17H,1-3H3,(H,15,16)(H,18,19). The molecule has 0 atom stereocenters. The summed E-state index contributed by atoms with van der Waals surface area (Å²) >= 11 is 0. The van der Waals surface area contributed by atoms with Crippen molar-refractivity contribution in [1.82, 2.24) is 9.97 Å². The van der Waals surface area contributed by atoms with Crippen molar-refractivity contribution in [1.29, 1.82) is 0 Å². The quantitative estimate of drug-likeness (QED) is 0.791. The Morgan fingerprint density at radius 2 is 1.95 bits per heavy atom. The van der Waals surface area contributed by atoms with Gasteiger partial charge >= 0.3 is 5.97 Å². The fraction of sp³-hybridized carbons (Fsp3) is 0.286. The molecule has 0 spiro atoms. The number of para-hydroxylation sites is 1. The minimum absolute atomic E-state index is 0.107. The minimum Gasteiger partial charge on any atom is -0.507 e. The van der Waals surface area contributed by atoms with Gasteiger partial charge in [-0.15, -0.1) is 0 Å². The Balaban J connectivity index is 2.54. The number of nitrogens with zero attached hydrogens (tertiary/aromatic N) is 1. The number of benzene rings is 1. The highest BCUT2D eigenvalue weighted by Crippen LogP contribution is 2.31. The first kappa shape index (κ1) is 13.1. The SMILES string of the molecule is Cc1[nH]c(-c2ccccc2O)nc1C(C)(C)C(=O)O. The van der Waals surface area contributed by atoms with Crippen molar-refractivity contribution in [2.24, 2.45) is 0 Å². The van der Waals surface area contributed by atoms with Gasteiger partial charge in [0.1, 0.15) is 17.0 Å². The van der Waals surface area contributed by atoms with E-state index in [1.165, 1.54) is 0 Å². The van der Waals surface area contributed by atoms with E-state index < -0.39 is 11.4 Å². The molecule has 0 saturated heterocycles. The van der Waals surface area contributed by atoms with Crippen LogP contribution in [0.25, 0.3) is 11.4 Å². The van der Waals surface area contributed by atoms with Crippen molar-refractivity contribution in [3.8, 4) is 17.1 Å². The van der Waals surface area contributed by atoms with Gasteiger partial charge in [0, 0.05) is 5.69 Å². The maximum absolute atomic E-state index is 11.3. The molecule has 0 aliphatic rings. The summed E-state index contributed by atoms with van der Waals surface area (Å²) in [4.78, 5) is 18.6. The van der Waals surface area contributed by atoms with Crippen LogP contribution in [-0.2, 0) is 10.2 Å². The smallest absolute Gasteiger partial charge is 0.315 e. The predicted molar refractivity (Wildman–Crippen MR) is 71.1 cm³/mol. The third-order valence-electron chi connectivity index (χ3n) is 3.17. The summed E-state index contributed by atoms with van der Waals surface area (Å²) in [7, 11) is 0. The van der Waals surface area contributed by atoms with Crippen LogP contribution < -0.4 is 0 Å². The van der Waals surface area contributed by atoms with E-state index >= 15 is 0 Å². The highest BCUT2D eigenvalue weighted by Gasteiger charge is 2.34. The molecule has 0 aliphatic carbocycles. The second kappa shape index (κ2) is 4.42. The lowest BCUT2D eigenvalue weighted by molar-refractivity contribution is -0.142. The third-order valence-corrected chi connectivity index (χ3v) is 3.17. The van der Waals surface area contributed by atoms with E-state index in [4.69, 9.17) is 0 Å². The summed E-state index contributed by atoms with van der Waals surface area (Å²) in [5.74, 6) is -0.359. The van der Waals surface area contributed by atoms with Crippen molar-refractivity contribution in [3.63, 3.8) is 0 Å². The van der Waals surface area contributed by atoms with E-state index in [2.05, 4.69) is 9.97 Å². The van der Waals surface area contributed by atoms with Gasteiger partial charge in [-0.25, -0.2) is 4.98 Å². The molecule has 2 rings (SSSR count). The Bertz CT molecular complexity index is 629. The number of H-pyrrole nitrogens is 1. The van der Waals surface area contributed by atoms with Gasteiger partial charge in [-0.2, -0.15) is 0 Å². The van der Waals surface area contributed by atoms with Crippen LogP contribution in [0.3, 0.4) is 0 Å². The van der Waals surface area contributed by atoms with Gasteiger partial charge in [-0.3, -0.25) is 4.79 Å². The fourth-order valence-electron chi connectivity index (χ4n) is 1.97. The largest absolute Gasteiger partial charge is 0.507 e. The molecule has 0 aliphatic heterocycles. The molecule has 5 nitrogen and oxygen atoms in total. The zero-order valence-electron chi connectivity index (χ0n) is 11.1. The van der Waals surface area contributed by atoms with E-state index in [0.717, 1.165) is 0 Å². The number of carboxylic acids is 1. The van der Waals surface area contributed by atoms with Crippen LogP contribution in [0.4, 0.5) is 0 Å². The Labute approximate surface area is 110 Å². The van der Waals surface area contributed by atoms with Gasteiger partial charge in [0.25, 0.3) is 0 Å². The maximum atomic E-state index is 11.3. The number of phenolic OH excluding ortho intramolecular Hbond substituents is 1. The normalized spacial score (nSPS) is 11.5. The molecule has 1 aromatic carbocycles. The molecule has 19 heavy (non-hydrogen) atoms. The molecule has 100 valence electrons. The number of aryl methyl sites for hydroxylation is 1. The second-order valence-electron chi connectivity index (χ2n) is 5.01. The summed E-state index contributed by atoms with van der Waals surface area (Å²) in [5, 5.41) is 19.1. The zero-order valence-corrected chi connectivity index (χ0v) is 11.1. The Kier molecular flexibility index (Phi) is 3.06. The maximum Gasteiger partial charge on any atom is 0.315 e. The number of imidazole rings is 1. The van der Waals surface area contributed by atoms with Crippen LogP contribution >= 0.6 is 0 Å². The van der Waals surface area contributed by atoms with Crippen molar-refractivity contribution in [2.75, 3.05) is 0 Å². The molecule has 0 bridgehead atoms. The van der Waals surface area contributed by atoms with E-state index in [0.29, 0.717) is 22.8 Å². The number of hydrogen-bond acceptors (Lipinski definition) is 3. The number of aromatic nitrogens is 2. The first-order valence-electron chi connectivity index (χ1n) is 5.93. The Morgan fingerprint density at radius 3 is 2.53 bits per heavy atom. The third kappa shape index (κ3) is 2.19. The van der Waals surface area contributed by atoms with Crippen molar-refractivity contribution >= 4 is 5.97 Å². The number of hydrogen-bond donors (Lipinski definition) is 3. The minimum atomic E-state index is -1.08.